The molecular weight excluding hydrogens is 245 g/mol. The molecule has 1 fully saturated rings. The van der Waals surface area contributed by atoms with Gasteiger partial charge in [0, 0.05) is 17.8 Å². The number of phenolic OH excluding ortho intramolecular Hbond substituents is 1. The summed E-state index contributed by atoms with van der Waals surface area (Å²) in [7, 11) is -2.98. The molecule has 1 atom stereocenters. The number of anilines is 1. The molecule has 17 heavy (non-hydrogen) atoms. The second-order valence-electron chi connectivity index (χ2n) is 4.26. The lowest BCUT2D eigenvalue weighted by Crippen LogP contribution is -2.34. The minimum Gasteiger partial charge on any atom is -0.505 e. The van der Waals surface area contributed by atoms with Crippen molar-refractivity contribution in [1.29, 1.82) is 0 Å². The van der Waals surface area contributed by atoms with E-state index in [9.17, 15) is 12.8 Å². The van der Waals surface area contributed by atoms with Crippen LogP contribution in [0, 0.1) is 5.82 Å². The van der Waals surface area contributed by atoms with Crippen molar-refractivity contribution < 1.29 is 17.9 Å². The first-order valence-electron chi connectivity index (χ1n) is 5.42. The van der Waals surface area contributed by atoms with E-state index in [0.29, 0.717) is 12.1 Å². The first-order valence-corrected chi connectivity index (χ1v) is 7.24. The summed E-state index contributed by atoms with van der Waals surface area (Å²) in [6.45, 7) is 0. The van der Waals surface area contributed by atoms with Crippen molar-refractivity contribution in [1.82, 2.24) is 0 Å². The maximum absolute atomic E-state index is 13.1. The van der Waals surface area contributed by atoms with Gasteiger partial charge in [-0.1, -0.05) is 0 Å². The molecule has 6 heteroatoms. The van der Waals surface area contributed by atoms with Gasteiger partial charge in [-0.3, -0.25) is 0 Å². The highest BCUT2D eigenvalue weighted by atomic mass is 32.2. The lowest BCUT2D eigenvalue weighted by atomic mass is 10.1. The molecule has 0 aromatic heterocycles. The van der Waals surface area contributed by atoms with Gasteiger partial charge in [-0.2, -0.15) is 0 Å². The standard InChI is InChI=1S/C11H14FNO3S/c12-10-6-8(3-4-11(10)14)13-9-2-1-5-17(15,16)7-9/h3-4,6,9,13-14H,1-2,5,7H2. The highest BCUT2D eigenvalue weighted by molar-refractivity contribution is 7.91. The normalized spacial score (nSPS) is 23.2. The lowest BCUT2D eigenvalue weighted by molar-refractivity contribution is 0.432. The molecule has 1 aromatic rings. The van der Waals surface area contributed by atoms with E-state index in [-0.39, 0.29) is 17.5 Å². The van der Waals surface area contributed by atoms with Crippen LogP contribution >= 0.6 is 0 Å². The van der Waals surface area contributed by atoms with E-state index in [0.717, 1.165) is 12.5 Å². The van der Waals surface area contributed by atoms with Crippen molar-refractivity contribution in [3.05, 3.63) is 24.0 Å². The molecule has 94 valence electrons. The first-order chi connectivity index (χ1) is 7.96. The minimum atomic E-state index is -2.98. The van der Waals surface area contributed by atoms with Crippen LogP contribution < -0.4 is 5.32 Å². The van der Waals surface area contributed by atoms with Crippen molar-refractivity contribution in [3.8, 4) is 5.75 Å². The van der Waals surface area contributed by atoms with Crippen LogP contribution in [0.3, 0.4) is 0 Å². The number of aromatic hydroxyl groups is 1. The van der Waals surface area contributed by atoms with E-state index in [2.05, 4.69) is 5.32 Å². The third-order valence-electron chi connectivity index (χ3n) is 2.78. The summed E-state index contributed by atoms with van der Waals surface area (Å²) < 4.78 is 35.9. The van der Waals surface area contributed by atoms with Crippen LogP contribution in [0.4, 0.5) is 10.1 Å². The van der Waals surface area contributed by atoms with Crippen molar-refractivity contribution in [2.24, 2.45) is 0 Å². The summed E-state index contributed by atoms with van der Waals surface area (Å²) in [4.78, 5) is 0. The lowest BCUT2D eigenvalue weighted by Gasteiger charge is -2.24. The van der Waals surface area contributed by atoms with Gasteiger partial charge in [0.15, 0.2) is 21.4 Å². The Labute approximate surface area is 99.4 Å². The van der Waals surface area contributed by atoms with Crippen LogP contribution in [0.25, 0.3) is 0 Å². The summed E-state index contributed by atoms with van der Waals surface area (Å²) in [5.41, 5.74) is 0.488. The molecule has 0 spiro atoms. The Balaban J connectivity index is 2.08. The summed E-state index contributed by atoms with van der Waals surface area (Å²) in [6, 6.07) is 3.75. The fourth-order valence-corrected chi connectivity index (χ4v) is 3.61. The van der Waals surface area contributed by atoms with Crippen LogP contribution in [0.5, 0.6) is 5.75 Å². The molecule has 0 saturated carbocycles. The maximum atomic E-state index is 13.1. The number of sulfone groups is 1. The molecule has 0 bridgehead atoms. The quantitative estimate of drug-likeness (QED) is 0.790. The van der Waals surface area contributed by atoms with Crippen molar-refractivity contribution in [3.63, 3.8) is 0 Å². The van der Waals surface area contributed by atoms with E-state index in [1.165, 1.54) is 12.1 Å². The number of phenols is 1. The molecule has 4 nitrogen and oxygen atoms in total. The minimum absolute atomic E-state index is 0.0789. The van der Waals surface area contributed by atoms with Crippen LogP contribution in [-0.2, 0) is 9.84 Å². The van der Waals surface area contributed by atoms with E-state index in [4.69, 9.17) is 5.11 Å². The average Bonchev–Trinajstić information content (AvgIpc) is 2.22. The Morgan fingerprint density at radius 3 is 2.82 bits per heavy atom. The zero-order valence-corrected chi connectivity index (χ0v) is 10.0. The summed E-state index contributed by atoms with van der Waals surface area (Å²) in [5.74, 6) is -0.814. The third kappa shape index (κ3) is 3.09. The topological polar surface area (TPSA) is 66.4 Å². The largest absolute Gasteiger partial charge is 0.505 e. The number of hydrogen-bond acceptors (Lipinski definition) is 4. The monoisotopic (exact) mass is 259 g/mol. The second kappa shape index (κ2) is 4.52. The molecule has 0 amide bonds. The van der Waals surface area contributed by atoms with Gasteiger partial charge in [0.05, 0.1) is 11.5 Å². The molecule has 2 rings (SSSR count). The molecule has 1 unspecified atom stereocenters. The van der Waals surface area contributed by atoms with E-state index in [1.54, 1.807) is 0 Å². The fraction of sp³-hybridized carbons (Fsp3) is 0.455. The SMILES string of the molecule is O=S1(=O)CCCC(Nc2ccc(O)c(F)c2)C1. The van der Waals surface area contributed by atoms with E-state index < -0.39 is 21.4 Å². The van der Waals surface area contributed by atoms with Gasteiger partial charge in [0.25, 0.3) is 0 Å². The zero-order valence-electron chi connectivity index (χ0n) is 9.19. The van der Waals surface area contributed by atoms with Crippen LogP contribution in [-0.4, -0.2) is 31.1 Å². The van der Waals surface area contributed by atoms with Crippen molar-refractivity contribution in [2.45, 2.75) is 18.9 Å². The number of halogens is 1. The van der Waals surface area contributed by atoms with Gasteiger partial charge in [0.1, 0.15) is 0 Å². The molecule has 1 aliphatic heterocycles. The van der Waals surface area contributed by atoms with E-state index >= 15 is 0 Å². The molecule has 1 aliphatic rings. The smallest absolute Gasteiger partial charge is 0.166 e. The van der Waals surface area contributed by atoms with Gasteiger partial charge in [-0.05, 0) is 25.0 Å². The second-order valence-corrected chi connectivity index (χ2v) is 6.49. The zero-order chi connectivity index (χ0) is 12.5. The van der Waals surface area contributed by atoms with Gasteiger partial charge in [0.2, 0.25) is 0 Å². The molecule has 1 saturated heterocycles. The highest BCUT2D eigenvalue weighted by Gasteiger charge is 2.24. The van der Waals surface area contributed by atoms with Crippen LogP contribution in [0.2, 0.25) is 0 Å². The molecule has 2 N–H and O–H groups in total. The predicted octanol–water partition coefficient (Wildman–Crippen LogP) is 1.52. The Kier molecular flexibility index (Phi) is 3.24. The number of hydrogen-bond donors (Lipinski definition) is 2. The molecule has 1 heterocycles. The maximum Gasteiger partial charge on any atom is 0.166 e. The van der Waals surface area contributed by atoms with Gasteiger partial charge >= 0.3 is 0 Å². The summed E-state index contributed by atoms with van der Waals surface area (Å²) in [6.07, 6.45) is 1.38. The fourth-order valence-electron chi connectivity index (χ4n) is 1.97. The summed E-state index contributed by atoms with van der Waals surface area (Å²) in [5, 5.41) is 12.0. The van der Waals surface area contributed by atoms with Crippen molar-refractivity contribution in [2.75, 3.05) is 16.8 Å². The number of nitrogens with one attached hydrogen (secondary N) is 1. The average molecular weight is 259 g/mol. The first kappa shape index (κ1) is 12.2. The molecule has 1 aromatic carbocycles. The van der Waals surface area contributed by atoms with Crippen LogP contribution in [0.1, 0.15) is 12.8 Å². The van der Waals surface area contributed by atoms with Gasteiger partial charge in [-0.25, -0.2) is 12.8 Å². The Hall–Kier alpha value is -1.30. The highest BCUT2D eigenvalue weighted by Crippen LogP contribution is 2.22. The number of benzene rings is 1. The predicted molar refractivity (Wildman–Crippen MR) is 63.4 cm³/mol. The Morgan fingerprint density at radius 2 is 2.18 bits per heavy atom. The molecular formula is C11H14FNO3S. The van der Waals surface area contributed by atoms with Gasteiger partial charge < -0.3 is 10.4 Å². The van der Waals surface area contributed by atoms with Gasteiger partial charge in [-0.15, -0.1) is 0 Å². The Morgan fingerprint density at radius 1 is 1.41 bits per heavy atom. The van der Waals surface area contributed by atoms with E-state index in [1.807, 2.05) is 0 Å². The third-order valence-corrected chi connectivity index (χ3v) is 4.60. The molecule has 0 radical (unpaired) electrons. The van der Waals surface area contributed by atoms with Crippen molar-refractivity contribution >= 4 is 15.5 Å². The number of rotatable bonds is 2. The molecule has 0 aliphatic carbocycles. The van der Waals surface area contributed by atoms with Crippen LogP contribution in [0.15, 0.2) is 18.2 Å². The summed E-state index contributed by atoms with van der Waals surface area (Å²) >= 11 is 0. The Bertz CT molecular complexity index is 515.